The van der Waals surface area contributed by atoms with Gasteiger partial charge in [0.15, 0.2) is 5.65 Å². The molecule has 9 heteroatoms. The largest absolute Gasteiger partial charge is 0.350 e. The summed E-state index contributed by atoms with van der Waals surface area (Å²) in [4.78, 5) is 14.2. The van der Waals surface area contributed by atoms with Gasteiger partial charge in [-0.15, -0.1) is 0 Å². The molecule has 1 N–H and O–H groups in total. The fourth-order valence-corrected chi connectivity index (χ4v) is 6.28. The maximum atomic E-state index is 13.4. The van der Waals surface area contributed by atoms with Gasteiger partial charge >= 0.3 is 0 Å². The molecular formula is C24H32N6O2S. The topological polar surface area (TPSA) is 83.4 Å². The summed E-state index contributed by atoms with van der Waals surface area (Å²) in [6.07, 6.45) is 7.86. The van der Waals surface area contributed by atoms with Crippen molar-refractivity contribution >= 4 is 26.9 Å². The van der Waals surface area contributed by atoms with Gasteiger partial charge in [0.05, 0.1) is 10.3 Å². The van der Waals surface area contributed by atoms with Crippen molar-refractivity contribution in [1.82, 2.24) is 24.2 Å². The van der Waals surface area contributed by atoms with Crippen LogP contribution >= 0.6 is 0 Å². The summed E-state index contributed by atoms with van der Waals surface area (Å²) >= 11 is 0. The zero-order chi connectivity index (χ0) is 22.8. The third kappa shape index (κ3) is 4.49. The van der Waals surface area contributed by atoms with Crippen molar-refractivity contribution in [3.63, 3.8) is 0 Å². The third-order valence-electron chi connectivity index (χ3n) is 6.84. The van der Waals surface area contributed by atoms with E-state index in [0.29, 0.717) is 11.7 Å². The van der Waals surface area contributed by atoms with Crippen molar-refractivity contribution in [2.45, 2.75) is 43.5 Å². The highest BCUT2D eigenvalue weighted by Crippen LogP contribution is 2.29. The van der Waals surface area contributed by atoms with E-state index >= 15 is 0 Å². The number of aryl methyl sites for hydroxylation is 1. The van der Waals surface area contributed by atoms with Crippen molar-refractivity contribution in [1.29, 1.82) is 0 Å². The van der Waals surface area contributed by atoms with Crippen LogP contribution in [-0.2, 0) is 10.0 Å². The van der Waals surface area contributed by atoms with Gasteiger partial charge in [0.25, 0.3) is 10.0 Å². The first kappa shape index (κ1) is 22.3. The minimum Gasteiger partial charge on any atom is -0.350 e. The molecule has 0 bridgehead atoms. The fourth-order valence-electron chi connectivity index (χ4n) is 4.98. The number of anilines is 1. The second-order valence-electron chi connectivity index (χ2n) is 9.11. The molecule has 8 nitrogen and oxygen atoms in total. The SMILES string of the molecule is Cc1ccc(S(=O)(=O)n2ccc3c(N(CCN4CCCC4)C4CCCNC4)ncnc32)cc1. The Bertz CT molecular complexity index is 1200. The van der Waals surface area contributed by atoms with E-state index in [1.54, 1.807) is 18.3 Å². The first-order valence-corrected chi connectivity index (χ1v) is 13.3. The molecule has 1 atom stereocenters. The molecular weight excluding hydrogens is 436 g/mol. The van der Waals surface area contributed by atoms with Gasteiger partial charge in [-0.05, 0) is 70.4 Å². The van der Waals surface area contributed by atoms with Crippen LogP contribution in [-0.4, -0.2) is 72.6 Å². The molecule has 2 fully saturated rings. The Kier molecular flexibility index (Phi) is 6.36. The molecule has 2 saturated heterocycles. The Hall–Kier alpha value is -2.49. The molecule has 3 aromatic rings. The smallest absolute Gasteiger partial charge is 0.269 e. The maximum absolute atomic E-state index is 13.4. The van der Waals surface area contributed by atoms with E-state index < -0.39 is 10.0 Å². The quantitative estimate of drug-likeness (QED) is 0.571. The second-order valence-corrected chi connectivity index (χ2v) is 10.9. The van der Waals surface area contributed by atoms with Gasteiger partial charge in [-0.2, -0.15) is 0 Å². The summed E-state index contributed by atoms with van der Waals surface area (Å²) in [6, 6.07) is 9.10. The zero-order valence-corrected chi connectivity index (χ0v) is 20.0. The van der Waals surface area contributed by atoms with E-state index in [9.17, 15) is 8.42 Å². The van der Waals surface area contributed by atoms with Gasteiger partial charge in [-0.1, -0.05) is 17.7 Å². The molecule has 33 heavy (non-hydrogen) atoms. The monoisotopic (exact) mass is 468 g/mol. The fraction of sp³-hybridized carbons (Fsp3) is 0.500. The number of likely N-dealkylation sites (tertiary alicyclic amines) is 1. The Morgan fingerprint density at radius 2 is 1.88 bits per heavy atom. The van der Waals surface area contributed by atoms with Crippen LogP contribution in [0.2, 0.25) is 0 Å². The van der Waals surface area contributed by atoms with Crippen LogP contribution in [0.25, 0.3) is 11.0 Å². The molecule has 2 aliphatic rings. The molecule has 176 valence electrons. The zero-order valence-electron chi connectivity index (χ0n) is 19.2. The van der Waals surface area contributed by atoms with Crippen molar-refractivity contribution in [2.24, 2.45) is 0 Å². The van der Waals surface area contributed by atoms with Gasteiger partial charge < -0.3 is 15.1 Å². The molecule has 0 radical (unpaired) electrons. The molecule has 0 saturated carbocycles. The number of rotatable bonds is 7. The Morgan fingerprint density at radius 1 is 1.09 bits per heavy atom. The van der Waals surface area contributed by atoms with Crippen molar-refractivity contribution in [2.75, 3.05) is 44.2 Å². The lowest BCUT2D eigenvalue weighted by Crippen LogP contribution is -2.49. The van der Waals surface area contributed by atoms with E-state index in [0.717, 1.165) is 68.9 Å². The summed E-state index contributed by atoms with van der Waals surface area (Å²) in [5.41, 5.74) is 1.45. The summed E-state index contributed by atoms with van der Waals surface area (Å²) < 4.78 is 28.0. The molecule has 0 amide bonds. The lowest BCUT2D eigenvalue weighted by Gasteiger charge is -2.36. The highest BCUT2D eigenvalue weighted by Gasteiger charge is 2.27. The summed E-state index contributed by atoms with van der Waals surface area (Å²) in [5, 5.41) is 4.29. The molecule has 2 aliphatic heterocycles. The highest BCUT2D eigenvalue weighted by atomic mass is 32.2. The van der Waals surface area contributed by atoms with Gasteiger partial charge in [0.1, 0.15) is 12.1 Å². The van der Waals surface area contributed by atoms with Gasteiger partial charge in [-0.3, -0.25) is 0 Å². The van der Waals surface area contributed by atoms with Crippen molar-refractivity contribution in [3.05, 3.63) is 48.4 Å². The van der Waals surface area contributed by atoms with Crippen LogP contribution in [0.4, 0.5) is 5.82 Å². The third-order valence-corrected chi connectivity index (χ3v) is 8.52. The first-order chi connectivity index (χ1) is 16.0. The maximum Gasteiger partial charge on any atom is 0.269 e. The number of aromatic nitrogens is 3. The Morgan fingerprint density at radius 3 is 2.61 bits per heavy atom. The van der Waals surface area contributed by atoms with Crippen molar-refractivity contribution in [3.8, 4) is 0 Å². The molecule has 2 aromatic heterocycles. The number of benzene rings is 1. The van der Waals surface area contributed by atoms with Gasteiger partial charge in [-0.25, -0.2) is 22.4 Å². The number of nitrogens with zero attached hydrogens (tertiary/aromatic N) is 5. The van der Waals surface area contributed by atoms with Crippen molar-refractivity contribution < 1.29 is 8.42 Å². The van der Waals surface area contributed by atoms with Crippen LogP contribution in [0.15, 0.2) is 47.8 Å². The van der Waals surface area contributed by atoms with Gasteiger partial charge in [0.2, 0.25) is 0 Å². The normalized spacial score (nSPS) is 19.8. The molecule has 1 aromatic carbocycles. The Balaban J connectivity index is 1.52. The Labute approximate surface area is 195 Å². The number of fused-ring (bicyclic) bond motifs is 1. The number of piperidine rings is 1. The summed E-state index contributed by atoms with van der Waals surface area (Å²) in [5.74, 6) is 0.825. The van der Waals surface area contributed by atoms with Crippen LogP contribution in [0.3, 0.4) is 0 Å². The minimum absolute atomic E-state index is 0.258. The number of hydrogen-bond acceptors (Lipinski definition) is 7. The van der Waals surface area contributed by atoms with E-state index in [2.05, 4.69) is 25.1 Å². The van der Waals surface area contributed by atoms with Crippen LogP contribution in [0.1, 0.15) is 31.2 Å². The van der Waals surface area contributed by atoms with Crippen LogP contribution in [0.5, 0.6) is 0 Å². The van der Waals surface area contributed by atoms with Gasteiger partial charge in [0, 0.05) is 31.9 Å². The van der Waals surface area contributed by atoms with E-state index in [4.69, 9.17) is 0 Å². The molecule has 0 spiro atoms. The van der Waals surface area contributed by atoms with E-state index in [-0.39, 0.29) is 4.90 Å². The van der Waals surface area contributed by atoms with E-state index in [1.807, 2.05) is 25.1 Å². The minimum atomic E-state index is -3.74. The standard InChI is InChI=1S/C24H32N6O2S/c1-19-6-8-21(9-7-19)33(31,32)30-14-10-22-23(26-18-27-24(22)30)29(20-5-4-11-25-17-20)16-15-28-12-2-3-13-28/h6-10,14,18,20,25H,2-5,11-13,15-17H2,1H3. The molecule has 5 rings (SSSR count). The lowest BCUT2D eigenvalue weighted by molar-refractivity contribution is 0.332. The summed E-state index contributed by atoms with van der Waals surface area (Å²) in [7, 11) is -3.74. The predicted molar refractivity (Wildman–Crippen MR) is 130 cm³/mol. The van der Waals surface area contributed by atoms with E-state index in [1.165, 1.54) is 23.1 Å². The predicted octanol–water partition coefficient (Wildman–Crippen LogP) is 2.63. The first-order valence-electron chi connectivity index (χ1n) is 11.9. The average Bonchev–Trinajstić information content (AvgIpc) is 3.51. The number of nitrogens with one attached hydrogen (secondary N) is 1. The summed E-state index contributed by atoms with van der Waals surface area (Å²) in [6.45, 7) is 8.06. The lowest BCUT2D eigenvalue weighted by atomic mass is 10.1. The molecule has 1 unspecified atom stereocenters. The van der Waals surface area contributed by atoms with Crippen LogP contribution < -0.4 is 10.2 Å². The molecule has 4 heterocycles. The number of hydrogen-bond donors (Lipinski definition) is 1. The molecule has 0 aliphatic carbocycles. The highest BCUT2D eigenvalue weighted by molar-refractivity contribution is 7.90. The average molecular weight is 469 g/mol. The second kappa shape index (κ2) is 9.40. The van der Waals surface area contributed by atoms with Crippen LogP contribution in [0, 0.1) is 6.92 Å².